The van der Waals surface area contributed by atoms with Gasteiger partial charge in [0.2, 0.25) is 5.91 Å². The number of hydrogen-bond donors (Lipinski definition) is 2. The van der Waals surface area contributed by atoms with Crippen molar-refractivity contribution in [2.45, 2.75) is 18.9 Å². The summed E-state index contributed by atoms with van der Waals surface area (Å²) in [5.74, 6) is -1.61. The first-order valence-corrected chi connectivity index (χ1v) is 9.48. The minimum absolute atomic E-state index is 0.0383. The second kappa shape index (κ2) is 9.64. The Morgan fingerprint density at radius 2 is 1.34 bits per heavy atom. The fourth-order valence-electron chi connectivity index (χ4n) is 3.38. The van der Waals surface area contributed by atoms with E-state index in [1.165, 1.54) is 18.2 Å². The van der Waals surface area contributed by atoms with Gasteiger partial charge in [0.05, 0.1) is 12.1 Å². The predicted molar refractivity (Wildman–Crippen MR) is 111 cm³/mol. The molecule has 0 aliphatic carbocycles. The third kappa shape index (κ3) is 5.29. The maximum Gasteiger partial charge on any atom is 0.254 e. The molecule has 2 N–H and O–H groups in total. The first-order chi connectivity index (χ1) is 14.1. The maximum atomic E-state index is 13.7. The van der Waals surface area contributed by atoms with Gasteiger partial charge in [-0.05, 0) is 30.2 Å². The van der Waals surface area contributed by atoms with E-state index >= 15 is 0 Å². The fourth-order valence-corrected chi connectivity index (χ4v) is 3.38. The molecule has 5 heteroatoms. The van der Waals surface area contributed by atoms with Crippen molar-refractivity contribution in [3.63, 3.8) is 0 Å². The third-order valence-corrected chi connectivity index (χ3v) is 4.73. The lowest BCUT2D eigenvalue weighted by atomic mass is 9.86. The minimum atomic E-state index is -0.619. The van der Waals surface area contributed by atoms with Gasteiger partial charge < -0.3 is 10.6 Å². The Morgan fingerprint density at radius 1 is 0.828 bits per heavy atom. The highest BCUT2D eigenvalue weighted by Crippen LogP contribution is 2.27. The van der Waals surface area contributed by atoms with Crippen LogP contribution in [0, 0.1) is 5.82 Å². The third-order valence-electron chi connectivity index (χ3n) is 4.73. The van der Waals surface area contributed by atoms with Crippen LogP contribution in [0.25, 0.3) is 0 Å². The summed E-state index contributed by atoms with van der Waals surface area (Å²) in [5.41, 5.74) is 2.09. The smallest absolute Gasteiger partial charge is 0.254 e. The standard InChI is InChI=1S/C24H23FN2O2/c1-17(23(18-10-4-2-5-11-18)19-12-6-3-7-13-19)27-22(28)16-26-24(29)20-14-8-9-15-21(20)25/h2-15,17,23H,16H2,1H3,(H,26,29)(H,27,28). The van der Waals surface area contributed by atoms with Gasteiger partial charge in [-0.15, -0.1) is 0 Å². The molecule has 0 bridgehead atoms. The normalized spacial score (nSPS) is 11.7. The van der Waals surface area contributed by atoms with Crippen molar-refractivity contribution in [1.82, 2.24) is 10.6 Å². The van der Waals surface area contributed by atoms with Gasteiger partial charge in [0, 0.05) is 12.0 Å². The van der Waals surface area contributed by atoms with E-state index in [1.807, 2.05) is 67.6 Å². The summed E-state index contributed by atoms with van der Waals surface area (Å²) in [5, 5.41) is 5.42. The quantitative estimate of drug-likeness (QED) is 0.643. The van der Waals surface area contributed by atoms with Gasteiger partial charge in [0.15, 0.2) is 0 Å². The Labute approximate surface area is 169 Å². The number of hydrogen-bond acceptors (Lipinski definition) is 2. The lowest BCUT2D eigenvalue weighted by molar-refractivity contribution is -0.120. The zero-order valence-electron chi connectivity index (χ0n) is 16.1. The number of rotatable bonds is 7. The predicted octanol–water partition coefficient (Wildman–Crippen LogP) is 3.89. The van der Waals surface area contributed by atoms with Gasteiger partial charge in [-0.3, -0.25) is 9.59 Å². The molecule has 0 fully saturated rings. The molecule has 148 valence electrons. The van der Waals surface area contributed by atoms with E-state index in [9.17, 15) is 14.0 Å². The number of carbonyl (C=O) groups excluding carboxylic acids is 2. The second-order valence-corrected chi connectivity index (χ2v) is 6.82. The average molecular weight is 390 g/mol. The molecule has 1 unspecified atom stereocenters. The molecule has 0 aromatic heterocycles. The van der Waals surface area contributed by atoms with E-state index in [1.54, 1.807) is 6.07 Å². The average Bonchev–Trinajstić information content (AvgIpc) is 2.74. The second-order valence-electron chi connectivity index (χ2n) is 6.82. The van der Waals surface area contributed by atoms with Crippen molar-refractivity contribution in [3.8, 4) is 0 Å². The van der Waals surface area contributed by atoms with Crippen molar-refractivity contribution in [1.29, 1.82) is 0 Å². The van der Waals surface area contributed by atoms with Gasteiger partial charge in [0.1, 0.15) is 5.82 Å². The highest BCUT2D eigenvalue weighted by atomic mass is 19.1. The van der Waals surface area contributed by atoms with Crippen LogP contribution in [0.1, 0.15) is 34.3 Å². The van der Waals surface area contributed by atoms with E-state index in [4.69, 9.17) is 0 Å². The van der Waals surface area contributed by atoms with Crippen LogP contribution in [0.5, 0.6) is 0 Å². The molecule has 0 aliphatic heterocycles. The lowest BCUT2D eigenvalue weighted by Crippen LogP contribution is -2.43. The summed E-state index contributed by atoms with van der Waals surface area (Å²) < 4.78 is 13.7. The monoisotopic (exact) mass is 390 g/mol. The van der Waals surface area contributed by atoms with Crippen LogP contribution in [0.3, 0.4) is 0 Å². The summed E-state index contributed by atoms with van der Waals surface area (Å²) in [7, 11) is 0. The van der Waals surface area contributed by atoms with Crippen molar-refractivity contribution in [2.24, 2.45) is 0 Å². The Balaban J connectivity index is 1.66. The number of halogens is 1. The van der Waals surface area contributed by atoms with E-state index < -0.39 is 11.7 Å². The Bertz CT molecular complexity index is 921. The Hall–Kier alpha value is -3.47. The fraction of sp³-hybridized carbons (Fsp3) is 0.167. The molecule has 3 rings (SSSR count). The van der Waals surface area contributed by atoms with E-state index in [0.717, 1.165) is 11.1 Å². The van der Waals surface area contributed by atoms with Gasteiger partial charge in [0.25, 0.3) is 5.91 Å². The molecular weight excluding hydrogens is 367 g/mol. The van der Waals surface area contributed by atoms with E-state index in [0.29, 0.717) is 0 Å². The first kappa shape index (κ1) is 20.3. The van der Waals surface area contributed by atoms with Gasteiger partial charge >= 0.3 is 0 Å². The van der Waals surface area contributed by atoms with E-state index in [2.05, 4.69) is 10.6 Å². The number of nitrogens with one attached hydrogen (secondary N) is 2. The largest absolute Gasteiger partial charge is 0.351 e. The van der Waals surface area contributed by atoms with Crippen LogP contribution >= 0.6 is 0 Å². The molecular formula is C24H23FN2O2. The van der Waals surface area contributed by atoms with Crippen LogP contribution in [0.4, 0.5) is 4.39 Å². The molecule has 4 nitrogen and oxygen atoms in total. The van der Waals surface area contributed by atoms with Gasteiger partial charge in [-0.25, -0.2) is 4.39 Å². The topological polar surface area (TPSA) is 58.2 Å². The SMILES string of the molecule is CC(NC(=O)CNC(=O)c1ccccc1F)C(c1ccccc1)c1ccccc1. The van der Waals surface area contributed by atoms with Crippen molar-refractivity contribution >= 4 is 11.8 Å². The summed E-state index contributed by atoms with van der Waals surface area (Å²) in [6.45, 7) is 1.70. The highest BCUT2D eigenvalue weighted by molar-refractivity contribution is 5.96. The molecule has 0 spiro atoms. The van der Waals surface area contributed by atoms with Crippen LogP contribution in [-0.2, 0) is 4.79 Å². The van der Waals surface area contributed by atoms with Crippen LogP contribution in [0.2, 0.25) is 0 Å². The highest BCUT2D eigenvalue weighted by Gasteiger charge is 2.23. The molecule has 2 amide bonds. The summed E-state index contributed by atoms with van der Waals surface area (Å²) in [6, 6.07) is 25.3. The van der Waals surface area contributed by atoms with Crippen LogP contribution < -0.4 is 10.6 Å². The van der Waals surface area contributed by atoms with Crippen molar-refractivity contribution < 1.29 is 14.0 Å². The summed E-state index contributed by atoms with van der Waals surface area (Å²) in [4.78, 5) is 24.5. The zero-order valence-corrected chi connectivity index (χ0v) is 16.1. The molecule has 0 heterocycles. The van der Waals surface area contributed by atoms with Crippen LogP contribution in [-0.4, -0.2) is 24.4 Å². The first-order valence-electron chi connectivity index (χ1n) is 9.48. The maximum absolute atomic E-state index is 13.7. The number of amides is 2. The molecule has 3 aromatic rings. The van der Waals surface area contributed by atoms with Crippen molar-refractivity contribution in [3.05, 3.63) is 107 Å². The molecule has 0 radical (unpaired) electrons. The number of benzene rings is 3. The minimum Gasteiger partial charge on any atom is -0.351 e. The molecule has 1 atom stereocenters. The van der Waals surface area contributed by atoms with E-state index in [-0.39, 0.29) is 30.0 Å². The molecule has 0 saturated heterocycles. The number of carbonyl (C=O) groups is 2. The van der Waals surface area contributed by atoms with Gasteiger partial charge in [-0.1, -0.05) is 72.8 Å². The van der Waals surface area contributed by atoms with Crippen molar-refractivity contribution in [2.75, 3.05) is 6.54 Å². The summed E-state index contributed by atoms with van der Waals surface area (Å²) >= 11 is 0. The zero-order chi connectivity index (χ0) is 20.6. The molecule has 0 aliphatic rings. The summed E-state index contributed by atoms with van der Waals surface area (Å²) in [6.07, 6.45) is 0. The Kier molecular flexibility index (Phi) is 6.74. The molecule has 0 saturated carbocycles. The van der Waals surface area contributed by atoms with Crippen LogP contribution in [0.15, 0.2) is 84.9 Å². The van der Waals surface area contributed by atoms with Gasteiger partial charge in [-0.2, -0.15) is 0 Å². The molecule has 29 heavy (non-hydrogen) atoms. The Morgan fingerprint density at radius 3 is 1.90 bits per heavy atom. The molecule has 3 aromatic carbocycles. The lowest BCUT2D eigenvalue weighted by Gasteiger charge is -2.26.